The van der Waals surface area contributed by atoms with Crippen LogP contribution in [0.5, 0.6) is 0 Å². The topological polar surface area (TPSA) is 47.3 Å². The number of nitriles is 1. The molecule has 1 aliphatic heterocycles. The normalized spacial score (nSPS) is 16.2. The molecule has 1 atom stereocenters. The van der Waals surface area contributed by atoms with Gasteiger partial charge in [-0.15, -0.1) is 0 Å². The van der Waals surface area contributed by atoms with Crippen LogP contribution < -0.4 is 0 Å². The molecule has 0 aliphatic carbocycles. The molecule has 2 aromatic carbocycles. The fraction of sp³-hybridized carbons (Fsp3) is 0.300. The first-order valence-corrected chi connectivity index (χ1v) is 8.39. The third-order valence-corrected chi connectivity index (χ3v) is 4.55. The first-order valence-electron chi connectivity index (χ1n) is 8.39. The molecule has 1 fully saturated rings. The molecule has 0 radical (unpaired) electrons. The van der Waals surface area contributed by atoms with Crippen molar-refractivity contribution in [3.8, 4) is 6.07 Å². The molecule has 0 aromatic heterocycles. The van der Waals surface area contributed by atoms with Crippen LogP contribution in [0.2, 0.25) is 0 Å². The zero-order chi connectivity index (χ0) is 17.6. The van der Waals surface area contributed by atoms with E-state index in [9.17, 15) is 14.4 Å². The molecule has 1 unspecified atom stereocenters. The molecule has 0 bridgehead atoms. The second kappa shape index (κ2) is 7.91. The van der Waals surface area contributed by atoms with E-state index in [1.807, 2.05) is 40.1 Å². The van der Waals surface area contributed by atoms with Crippen LogP contribution in [0.25, 0.3) is 0 Å². The number of piperazine rings is 1. The van der Waals surface area contributed by atoms with E-state index in [-0.39, 0.29) is 11.7 Å². The molecule has 1 aliphatic rings. The molecule has 0 saturated carbocycles. The first-order chi connectivity index (χ1) is 12.2. The van der Waals surface area contributed by atoms with Crippen LogP contribution in [0.1, 0.15) is 17.2 Å². The summed E-state index contributed by atoms with van der Waals surface area (Å²) >= 11 is 0. The summed E-state index contributed by atoms with van der Waals surface area (Å²) in [5.74, 6) is -0.276. The zero-order valence-corrected chi connectivity index (χ0v) is 13.9. The third kappa shape index (κ3) is 4.04. The number of carbonyl (C=O) groups is 1. The molecule has 128 valence electrons. The van der Waals surface area contributed by atoms with Gasteiger partial charge >= 0.3 is 0 Å². The number of carbonyl (C=O) groups excluding carboxylic acids is 1. The monoisotopic (exact) mass is 337 g/mol. The highest BCUT2D eigenvalue weighted by molar-refractivity contribution is 5.78. The lowest BCUT2D eigenvalue weighted by atomic mass is 10.0. The Balaban J connectivity index is 1.60. The highest BCUT2D eigenvalue weighted by Gasteiger charge is 2.28. The van der Waals surface area contributed by atoms with E-state index in [0.29, 0.717) is 38.2 Å². The van der Waals surface area contributed by atoms with Crippen LogP contribution in [0.4, 0.5) is 4.39 Å². The number of hydrogen-bond acceptors (Lipinski definition) is 3. The van der Waals surface area contributed by atoms with Crippen molar-refractivity contribution in [2.45, 2.75) is 12.5 Å². The quantitative estimate of drug-likeness (QED) is 0.862. The van der Waals surface area contributed by atoms with Crippen molar-refractivity contribution in [2.75, 3.05) is 26.2 Å². The van der Waals surface area contributed by atoms with Gasteiger partial charge in [-0.25, -0.2) is 4.39 Å². The lowest BCUT2D eigenvalue weighted by Crippen LogP contribution is -2.50. The molecule has 1 heterocycles. The molecule has 0 N–H and O–H groups in total. The second-order valence-electron chi connectivity index (χ2n) is 6.13. The van der Waals surface area contributed by atoms with E-state index in [2.05, 4.69) is 6.07 Å². The predicted molar refractivity (Wildman–Crippen MR) is 93.1 cm³/mol. The average Bonchev–Trinajstić information content (AvgIpc) is 2.65. The summed E-state index contributed by atoms with van der Waals surface area (Å²) in [6, 6.07) is 17.6. The maximum Gasteiger partial charge on any atom is 0.227 e. The fourth-order valence-electron chi connectivity index (χ4n) is 3.16. The van der Waals surface area contributed by atoms with Gasteiger partial charge in [0.2, 0.25) is 5.91 Å². The molecule has 3 rings (SSSR count). The average molecular weight is 337 g/mol. The summed E-state index contributed by atoms with van der Waals surface area (Å²) in [6.07, 6.45) is 0.385. The van der Waals surface area contributed by atoms with E-state index < -0.39 is 6.04 Å². The number of rotatable bonds is 4. The van der Waals surface area contributed by atoms with Crippen LogP contribution in [-0.4, -0.2) is 41.9 Å². The van der Waals surface area contributed by atoms with E-state index in [1.54, 1.807) is 18.2 Å². The standard InChI is InChI=1S/C20H20FN3O/c21-18-9-5-4-8-17(18)19(15-22)23-10-12-24(13-11-23)20(25)14-16-6-2-1-3-7-16/h1-9,19H,10-14H2. The van der Waals surface area contributed by atoms with Gasteiger partial charge in [-0.3, -0.25) is 9.69 Å². The van der Waals surface area contributed by atoms with Gasteiger partial charge in [0.1, 0.15) is 11.9 Å². The number of benzene rings is 2. The Hall–Kier alpha value is -2.71. The van der Waals surface area contributed by atoms with Gasteiger partial charge in [0.25, 0.3) is 0 Å². The summed E-state index contributed by atoms with van der Waals surface area (Å²) in [5.41, 5.74) is 1.39. The van der Waals surface area contributed by atoms with Crippen LogP contribution in [0.15, 0.2) is 54.6 Å². The van der Waals surface area contributed by atoms with Gasteiger partial charge in [0.05, 0.1) is 12.5 Å². The van der Waals surface area contributed by atoms with Crippen molar-refractivity contribution in [3.05, 3.63) is 71.5 Å². The smallest absolute Gasteiger partial charge is 0.227 e. The van der Waals surface area contributed by atoms with Crippen molar-refractivity contribution >= 4 is 5.91 Å². The van der Waals surface area contributed by atoms with Gasteiger partial charge in [-0.2, -0.15) is 5.26 Å². The van der Waals surface area contributed by atoms with Crippen LogP contribution >= 0.6 is 0 Å². The predicted octanol–water partition coefficient (Wildman–Crippen LogP) is 2.78. The third-order valence-electron chi connectivity index (χ3n) is 4.55. The SMILES string of the molecule is N#CC(c1ccccc1F)N1CCN(C(=O)Cc2ccccc2)CC1. The van der Waals surface area contributed by atoms with Crippen molar-refractivity contribution in [1.29, 1.82) is 5.26 Å². The minimum atomic E-state index is -0.618. The van der Waals surface area contributed by atoms with E-state index in [4.69, 9.17) is 0 Å². The van der Waals surface area contributed by atoms with Crippen LogP contribution in [-0.2, 0) is 11.2 Å². The molecule has 25 heavy (non-hydrogen) atoms. The highest BCUT2D eigenvalue weighted by atomic mass is 19.1. The minimum Gasteiger partial charge on any atom is -0.340 e. The molecular weight excluding hydrogens is 317 g/mol. The molecule has 4 nitrogen and oxygen atoms in total. The lowest BCUT2D eigenvalue weighted by Gasteiger charge is -2.37. The van der Waals surface area contributed by atoms with Gasteiger partial charge in [0.15, 0.2) is 0 Å². The van der Waals surface area contributed by atoms with E-state index in [1.165, 1.54) is 6.07 Å². The Kier molecular flexibility index (Phi) is 5.42. The van der Waals surface area contributed by atoms with Crippen LogP contribution in [0, 0.1) is 17.1 Å². The zero-order valence-electron chi connectivity index (χ0n) is 13.9. The summed E-state index contributed by atoms with van der Waals surface area (Å²) in [6.45, 7) is 2.23. The molecule has 1 saturated heterocycles. The first kappa shape index (κ1) is 17.1. The Labute approximate surface area is 147 Å². The highest BCUT2D eigenvalue weighted by Crippen LogP contribution is 2.24. The molecule has 0 spiro atoms. The van der Waals surface area contributed by atoms with Crippen molar-refractivity contribution in [1.82, 2.24) is 9.80 Å². The largest absolute Gasteiger partial charge is 0.340 e. The van der Waals surface area contributed by atoms with E-state index >= 15 is 0 Å². The minimum absolute atomic E-state index is 0.0882. The summed E-state index contributed by atoms with van der Waals surface area (Å²) in [7, 11) is 0. The van der Waals surface area contributed by atoms with Gasteiger partial charge in [-0.05, 0) is 11.6 Å². The number of nitrogens with zero attached hydrogens (tertiary/aromatic N) is 3. The van der Waals surface area contributed by atoms with Crippen molar-refractivity contribution < 1.29 is 9.18 Å². The van der Waals surface area contributed by atoms with E-state index in [0.717, 1.165) is 5.56 Å². The number of amides is 1. The van der Waals surface area contributed by atoms with Gasteiger partial charge < -0.3 is 4.90 Å². The Morgan fingerprint density at radius 2 is 1.68 bits per heavy atom. The molecule has 5 heteroatoms. The lowest BCUT2D eigenvalue weighted by molar-refractivity contribution is -0.132. The number of hydrogen-bond donors (Lipinski definition) is 0. The Morgan fingerprint density at radius 3 is 2.32 bits per heavy atom. The summed E-state index contributed by atoms with van der Waals surface area (Å²) < 4.78 is 14.0. The summed E-state index contributed by atoms with van der Waals surface area (Å²) in [4.78, 5) is 16.2. The fourth-order valence-corrected chi connectivity index (χ4v) is 3.16. The van der Waals surface area contributed by atoms with Crippen molar-refractivity contribution in [2.24, 2.45) is 0 Å². The van der Waals surface area contributed by atoms with Gasteiger partial charge in [-0.1, -0.05) is 48.5 Å². The number of halogens is 1. The van der Waals surface area contributed by atoms with Crippen molar-refractivity contribution in [3.63, 3.8) is 0 Å². The summed E-state index contributed by atoms with van der Waals surface area (Å²) in [5, 5.41) is 9.49. The second-order valence-corrected chi connectivity index (χ2v) is 6.13. The maximum atomic E-state index is 14.0. The Bertz CT molecular complexity index is 764. The maximum absolute atomic E-state index is 14.0. The Morgan fingerprint density at radius 1 is 1.04 bits per heavy atom. The van der Waals surface area contributed by atoms with Crippen LogP contribution in [0.3, 0.4) is 0 Å². The van der Waals surface area contributed by atoms with Gasteiger partial charge in [0, 0.05) is 31.7 Å². The molecular formula is C20H20FN3O. The molecule has 1 amide bonds. The molecule has 2 aromatic rings.